The summed E-state index contributed by atoms with van der Waals surface area (Å²) in [6.45, 7) is 2.62. The molecule has 114 valence electrons. The van der Waals surface area contributed by atoms with Gasteiger partial charge in [0.25, 0.3) is 0 Å². The van der Waals surface area contributed by atoms with E-state index < -0.39 is 19.9 Å². The molecule has 1 aliphatic heterocycles. The Labute approximate surface area is 115 Å². The summed E-state index contributed by atoms with van der Waals surface area (Å²) < 4.78 is 52.2. The van der Waals surface area contributed by atoms with E-state index in [9.17, 15) is 16.8 Å². The number of sulfone groups is 1. The highest BCUT2D eigenvalue weighted by Crippen LogP contribution is 2.08. The lowest BCUT2D eigenvalue weighted by molar-refractivity contribution is 0.191. The molecule has 0 unspecified atom stereocenters. The third-order valence-electron chi connectivity index (χ3n) is 3.05. The molecule has 0 amide bonds. The lowest BCUT2D eigenvalue weighted by atomic mass is 10.4. The summed E-state index contributed by atoms with van der Waals surface area (Å²) in [6, 6.07) is 0. The number of hydrogen-bond acceptors (Lipinski definition) is 6. The van der Waals surface area contributed by atoms with Crippen LogP contribution in [0.1, 0.15) is 0 Å². The van der Waals surface area contributed by atoms with E-state index in [-0.39, 0.29) is 18.1 Å². The first-order chi connectivity index (χ1) is 8.74. The number of hydrogen-bond donors (Lipinski definition) is 0. The zero-order valence-corrected chi connectivity index (χ0v) is 13.0. The number of rotatable bonds is 7. The number of nitrogens with zero attached hydrogens (tertiary/aromatic N) is 2. The van der Waals surface area contributed by atoms with Crippen LogP contribution < -0.4 is 0 Å². The van der Waals surface area contributed by atoms with Crippen LogP contribution in [-0.2, 0) is 24.6 Å². The molecule has 0 aromatic carbocycles. The minimum Gasteiger partial charge on any atom is -0.384 e. The maximum Gasteiger partial charge on any atom is 0.216 e. The molecule has 19 heavy (non-hydrogen) atoms. The van der Waals surface area contributed by atoms with Crippen LogP contribution in [0.2, 0.25) is 0 Å². The average Bonchev–Trinajstić information content (AvgIpc) is 2.34. The fraction of sp³-hybridized carbons (Fsp3) is 1.00. The molecule has 0 saturated carbocycles. The van der Waals surface area contributed by atoms with Crippen LogP contribution >= 0.6 is 0 Å². The van der Waals surface area contributed by atoms with Crippen LogP contribution in [0.3, 0.4) is 0 Å². The van der Waals surface area contributed by atoms with E-state index in [4.69, 9.17) is 4.74 Å². The van der Waals surface area contributed by atoms with Gasteiger partial charge in [-0.05, 0) is 0 Å². The second kappa shape index (κ2) is 6.98. The van der Waals surface area contributed by atoms with E-state index in [1.54, 1.807) is 0 Å². The second-order valence-electron chi connectivity index (χ2n) is 4.68. The highest BCUT2D eigenvalue weighted by atomic mass is 32.2. The molecule has 1 rings (SSSR count). The predicted octanol–water partition coefficient (Wildman–Crippen LogP) is -1.38. The third kappa shape index (κ3) is 6.17. The van der Waals surface area contributed by atoms with Crippen LogP contribution in [0.15, 0.2) is 0 Å². The zero-order valence-electron chi connectivity index (χ0n) is 11.4. The molecule has 1 saturated heterocycles. The number of piperazine rings is 1. The van der Waals surface area contributed by atoms with Gasteiger partial charge in [0.05, 0.1) is 18.1 Å². The Morgan fingerprint density at radius 1 is 1.00 bits per heavy atom. The maximum atomic E-state index is 11.9. The van der Waals surface area contributed by atoms with Crippen LogP contribution in [0.25, 0.3) is 0 Å². The van der Waals surface area contributed by atoms with E-state index >= 15 is 0 Å². The molecule has 9 heteroatoms. The van der Waals surface area contributed by atoms with Gasteiger partial charge in [-0.1, -0.05) is 0 Å². The summed E-state index contributed by atoms with van der Waals surface area (Å²) in [6.07, 6.45) is 1.21. The Bertz CT molecular complexity index is 466. The summed E-state index contributed by atoms with van der Waals surface area (Å²) in [7, 11) is -4.75. The Kier molecular flexibility index (Phi) is 6.18. The highest BCUT2D eigenvalue weighted by Gasteiger charge is 2.26. The standard InChI is InChI=1S/C10H22N2O5S2/c1-17-8-10-19(15,16)12-5-3-11(4-6-12)7-9-18(2,13)14/h3-10H2,1-2H3. The number of sulfonamides is 1. The summed E-state index contributed by atoms with van der Waals surface area (Å²) in [5, 5.41) is 0. The highest BCUT2D eigenvalue weighted by molar-refractivity contribution is 7.90. The Morgan fingerprint density at radius 2 is 1.58 bits per heavy atom. The Balaban J connectivity index is 2.40. The summed E-state index contributed by atoms with van der Waals surface area (Å²) in [5.41, 5.74) is 0. The number of ether oxygens (including phenoxy) is 1. The molecular formula is C10H22N2O5S2. The molecule has 7 nitrogen and oxygen atoms in total. The largest absolute Gasteiger partial charge is 0.384 e. The molecule has 0 aromatic heterocycles. The second-order valence-corrected chi connectivity index (χ2v) is 9.03. The minimum absolute atomic E-state index is 0.00710. The molecular weight excluding hydrogens is 292 g/mol. The van der Waals surface area contributed by atoms with Crippen molar-refractivity contribution < 1.29 is 21.6 Å². The minimum atomic E-state index is -3.25. The fourth-order valence-electron chi connectivity index (χ4n) is 1.84. The van der Waals surface area contributed by atoms with E-state index in [1.165, 1.54) is 17.7 Å². The van der Waals surface area contributed by atoms with E-state index in [0.29, 0.717) is 32.7 Å². The van der Waals surface area contributed by atoms with E-state index in [0.717, 1.165) is 0 Å². The summed E-state index contributed by atoms with van der Waals surface area (Å²) in [5.74, 6) is 0.107. The average molecular weight is 314 g/mol. The topological polar surface area (TPSA) is 84.0 Å². The molecule has 1 heterocycles. The van der Waals surface area contributed by atoms with Gasteiger partial charge in [0, 0.05) is 46.1 Å². The molecule has 0 radical (unpaired) electrons. The van der Waals surface area contributed by atoms with Crippen LogP contribution in [-0.4, -0.2) is 90.2 Å². The van der Waals surface area contributed by atoms with Crippen molar-refractivity contribution >= 4 is 19.9 Å². The fourth-order valence-corrected chi connectivity index (χ4v) is 3.79. The lowest BCUT2D eigenvalue weighted by Gasteiger charge is -2.33. The first-order valence-corrected chi connectivity index (χ1v) is 9.78. The van der Waals surface area contributed by atoms with Gasteiger partial charge < -0.3 is 4.74 Å². The first kappa shape index (κ1) is 16.8. The summed E-state index contributed by atoms with van der Waals surface area (Å²) >= 11 is 0. The normalized spacial score (nSPS) is 19.7. The molecule has 0 aliphatic carbocycles. The smallest absolute Gasteiger partial charge is 0.216 e. The summed E-state index contributed by atoms with van der Waals surface area (Å²) in [4.78, 5) is 1.98. The Morgan fingerprint density at radius 3 is 2.05 bits per heavy atom. The van der Waals surface area contributed by atoms with Gasteiger partial charge in [-0.2, -0.15) is 4.31 Å². The maximum absolute atomic E-state index is 11.9. The van der Waals surface area contributed by atoms with Crippen molar-refractivity contribution in [1.29, 1.82) is 0 Å². The molecule has 0 aromatic rings. The van der Waals surface area contributed by atoms with Crippen LogP contribution in [0.4, 0.5) is 0 Å². The quantitative estimate of drug-likeness (QED) is 0.576. The van der Waals surface area contributed by atoms with Gasteiger partial charge in [-0.25, -0.2) is 16.8 Å². The van der Waals surface area contributed by atoms with Gasteiger partial charge in [0.1, 0.15) is 9.84 Å². The molecule has 0 spiro atoms. The van der Waals surface area contributed by atoms with E-state index in [2.05, 4.69) is 0 Å². The lowest BCUT2D eigenvalue weighted by Crippen LogP contribution is -2.50. The third-order valence-corrected chi connectivity index (χ3v) is 5.81. The first-order valence-electron chi connectivity index (χ1n) is 6.11. The number of methoxy groups -OCH3 is 1. The van der Waals surface area contributed by atoms with Crippen molar-refractivity contribution in [1.82, 2.24) is 9.21 Å². The van der Waals surface area contributed by atoms with Gasteiger partial charge in [0.2, 0.25) is 10.0 Å². The van der Waals surface area contributed by atoms with Gasteiger partial charge in [-0.15, -0.1) is 0 Å². The van der Waals surface area contributed by atoms with Crippen molar-refractivity contribution in [3.8, 4) is 0 Å². The van der Waals surface area contributed by atoms with Gasteiger partial charge in [0.15, 0.2) is 0 Å². The zero-order chi connectivity index (χ0) is 14.5. The van der Waals surface area contributed by atoms with Crippen molar-refractivity contribution in [2.45, 2.75) is 0 Å². The van der Waals surface area contributed by atoms with Crippen molar-refractivity contribution in [2.75, 3.05) is 64.2 Å². The monoisotopic (exact) mass is 314 g/mol. The van der Waals surface area contributed by atoms with Crippen molar-refractivity contribution in [3.05, 3.63) is 0 Å². The predicted molar refractivity (Wildman–Crippen MR) is 73.4 cm³/mol. The van der Waals surface area contributed by atoms with Gasteiger partial charge >= 0.3 is 0 Å². The Hall–Kier alpha value is -0.220. The SMILES string of the molecule is COCCS(=O)(=O)N1CCN(CCS(C)(=O)=O)CC1. The van der Waals surface area contributed by atoms with Gasteiger partial charge in [-0.3, -0.25) is 4.90 Å². The van der Waals surface area contributed by atoms with Crippen LogP contribution in [0, 0.1) is 0 Å². The molecule has 1 aliphatic rings. The van der Waals surface area contributed by atoms with Crippen molar-refractivity contribution in [3.63, 3.8) is 0 Å². The van der Waals surface area contributed by atoms with Crippen LogP contribution in [0.5, 0.6) is 0 Å². The molecule has 1 fully saturated rings. The molecule has 0 atom stereocenters. The van der Waals surface area contributed by atoms with E-state index in [1.807, 2.05) is 4.90 Å². The molecule has 0 N–H and O–H groups in total. The van der Waals surface area contributed by atoms with Crippen molar-refractivity contribution in [2.24, 2.45) is 0 Å². The molecule has 0 bridgehead atoms.